The summed E-state index contributed by atoms with van der Waals surface area (Å²) in [6.07, 6.45) is -4.56. The van der Waals surface area contributed by atoms with Gasteiger partial charge in [-0.05, 0) is 42.5 Å². The van der Waals surface area contributed by atoms with Crippen LogP contribution in [0.1, 0.15) is 16.1 Å². The SMILES string of the molecule is COc1ccc(C(=O)Nc2ccc(-c3cc(C(F)(F)F)nn3C)c(N)n2)cc1. The molecule has 0 saturated carbocycles. The van der Waals surface area contributed by atoms with Crippen LogP contribution in [0.15, 0.2) is 42.5 Å². The molecule has 0 atom stereocenters. The number of methoxy groups -OCH3 is 1. The quantitative estimate of drug-likeness (QED) is 0.711. The van der Waals surface area contributed by atoms with Crippen LogP contribution in [0.2, 0.25) is 0 Å². The van der Waals surface area contributed by atoms with E-state index in [9.17, 15) is 18.0 Å². The summed E-state index contributed by atoms with van der Waals surface area (Å²) in [6, 6.07) is 10.3. The molecule has 0 fully saturated rings. The Bertz CT molecular complexity index is 1010. The molecule has 3 N–H and O–H groups in total. The summed E-state index contributed by atoms with van der Waals surface area (Å²) in [6.45, 7) is 0. The van der Waals surface area contributed by atoms with Crippen LogP contribution >= 0.6 is 0 Å². The lowest BCUT2D eigenvalue weighted by Gasteiger charge is -2.09. The molecule has 7 nitrogen and oxygen atoms in total. The standard InChI is InChI=1S/C18H16F3N5O2/c1-26-13(9-14(25-26)18(19,20)21)12-7-8-15(23-16(12)22)24-17(27)10-3-5-11(28-2)6-4-10/h3-9H,1-2H3,(H3,22,23,24,27). The van der Waals surface area contributed by atoms with Gasteiger partial charge in [-0.3, -0.25) is 9.48 Å². The number of ether oxygens (including phenoxy) is 1. The molecule has 0 saturated heterocycles. The summed E-state index contributed by atoms with van der Waals surface area (Å²) in [5.74, 6) is 0.324. The van der Waals surface area contributed by atoms with Crippen LogP contribution in [0.25, 0.3) is 11.3 Å². The van der Waals surface area contributed by atoms with Crippen molar-refractivity contribution in [2.45, 2.75) is 6.18 Å². The second-order valence-corrected chi connectivity index (χ2v) is 5.85. The lowest BCUT2D eigenvalue weighted by molar-refractivity contribution is -0.141. The molecule has 0 aliphatic rings. The summed E-state index contributed by atoms with van der Waals surface area (Å²) in [4.78, 5) is 16.3. The van der Waals surface area contributed by atoms with E-state index in [-0.39, 0.29) is 22.9 Å². The van der Waals surface area contributed by atoms with E-state index in [1.165, 1.54) is 26.3 Å². The van der Waals surface area contributed by atoms with Crippen LogP contribution in [0.5, 0.6) is 5.75 Å². The van der Waals surface area contributed by atoms with E-state index in [0.717, 1.165) is 10.7 Å². The number of carbonyl (C=O) groups is 1. The van der Waals surface area contributed by atoms with Gasteiger partial charge in [0.15, 0.2) is 5.69 Å². The number of rotatable bonds is 4. The first-order valence-corrected chi connectivity index (χ1v) is 8.02. The summed E-state index contributed by atoms with van der Waals surface area (Å²) in [5.41, 5.74) is 5.68. The molecule has 0 radical (unpaired) electrons. The molecular formula is C18H16F3N5O2. The van der Waals surface area contributed by atoms with Gasteiger partial charge in [-0.1, -0.05) is 0 Å². The molecule has 2 aromatic heterocycles. The van der Waals surface area contributed by atoms with E-state index in [1.807, 2.05) is 0 Å². The smallest absolute Gasteiger partial charge is 0.435 e. The number of carbonyl (C=O) groups excluding carboxylic acids is 1. The average molecular weight is 391 g/mol. The Balaban J connectivity index is 1.82. The van der Waals surface area contributed by atoms with Gasteiger partial charge in [0.2, 0.25) is 0 Å². The number of benzene rings is 1. The number of hydrogen-bond donors (Lipinski definition) is 2. The Morgan fingerprint density at radius 2 is 1.86 bits per heavy atom. The fourth-order valence-corrected chi connectivity index (χ4v) is 2.55. The van der Waals surface area contributed by atoms with E-state index in [4.69, 9.17) is 10.5 Å². The van der Waals surface area contributed by atoms with Gasteiger partial charge in [-0.15, -0.1) is 0 Å². The number of nitrogens with one attached hydrogen (secondary N) is 1. The van der Waals surface area contributed by atoms with Crippen molar-refractivity contribution in [3.8, 4) is 17.0 Å². The molecule has 28 heavy (non-hydrogen) atoms. The number of hydrogen-bond acceptors (Lipinski definition) is 5. The minimum absolute atomic E-state index is 0.0377. The molecule has 146 valence electrons. The van der Waals surface area contributed by atoms with Crippen LogP contribution in [0.4, 0.5) is 24.8 Å². The largest absolute Gasteiger partial charge is 0.497 e. The minimum Gasteiger partial charge on any atom is -0.497 e. The van der Waals surface area contributed by atoms with Gasteiger partial charge >= 0.3 is 6.18 Å². The maximum absolute atomic E-state index is 12.8. The summed E-state index contributed by atoms with van der Waals surface area (Å²) in [5, 5.41) is 6.04. The Morgan fingerprint density at radius 3 is 2.39 bits per heavy atom. The lowest BCUT2D eigenvalue weighted by Crippen LogP contribution is -2.13. The number of amides is 1. The summed E-state index contributed by atoms with van der Waals surface area (Å²) < 4.78 is 44.6. The van der Waals surface area contributed by atoms with Gasteiger partial charge in [0.25, 0.3) is 5.91 Å². The van der Waals surface area contributed by atoms with E-state index < -0.39 is 17.8 Å². The third-order valence-corrected chi connectivity index (χ3v) is 3.96. The monoisotopic (exact) mass is 391 g/mol. The van der Waals surface area contributed by atoms with Crippen molar-refractivity contribution in [2.75, 3.05) is 18.2 Å². The van der Waals surface area contributed by atoms with Gasteiger partial charge in [-0.2, -0.15) is 18.3 Å². The van der Waals surface area contributed by atoms with Crippen LogP contribution in [0, 0.1) is 0 Å². The molecule has 0 aliphatic carbocycles. The number of pyridine rings is 1. The van der Waals surface area contributed by atoms with Crippen molar-refractivity contribution < 1.29 is 22.7 Å². The highest BCUT2D eigenvalue weighted by Gasteiger charge is 2.35. The number of aryl methyl sites for hydroxylation is 1. The second-order valence-electron chi connectivity index (χ2n) is 5.85. The van der Waals surface area contributed by atoms with E-state index in [0.29, 0.717) is 11.3 Å². The Morgan fingerprint density at radius 1 is 1.18 bits per heavy atom. The highest BCUT2D eigenvalue weighted by atomic mass is 19.4. The zero-order chi connectivity index (χ0) is 20.5. The number of nitrogens with two attached hydrogens (primary N) is 1. The lowest BCUT2D eigenvalue weighted by atomic mass is 10.1. The highest BCUT2D eigenvalue weighted by molar-refractivity contribution is 6.04. The van der Waals surface area contributed by atoms with Gasteiger partial charge in [0.1, 0.15) is 17.4 Å². The molecule has 0 unspecified atom stereocenters. The first-order chi connectivity index (χ1) is 13.2. The number of halogens is 3. The van der Waals surface area contributed by atoms with Crippen LogP contribution in [-0.4, -0.2) is 27.8 Å². The number of nitrogen functional groups attached to an aromatic ring is 1. The third-order valence-electron chi connectivity index (χ3n) is 3.96. The van der Waals surface area contributed by atoms with Crippen molar-refractivity contribution in [1.29, 1.82) is 0 Å². The molecule has 3 rings (SSSR count). The zero-order valence-electron chi connectivity index (χ0n) is 14.9. The molecule has 0 aliphatic heterocycles. The van der Waals surface area contributed by atoms with Crippen LogP contribution in [-0.2, 0) is 13.2 Å². The molecular weight excluding hydrogens is 375 g/mol. The van der Waals surface area contributed by atoms with Crippen molar-refractivity contribution in [2.24, 2.45) is 7.05 Å². The Kier molecular flexibility index (Phi) is 4.95. The topological polar surface area (TPSA) is 95.1 Å². The van der Waals surface area contributed by atoms with E-state index >= 15 is 0 Å². The molecule has 2 heterocycles. The number of alkyl halides is 3. The third kappa shape index (κ3) is 3.90. The Labute approximate surface area is 157 Å². The summed E-state index contributed by atoms with van der Waals surface area (Å²) >= 11 is 0. The van der Waals surface area contributed by atoms with Crippen molar-refractivity contribution in [1.82, 2.24) is 14.8 Å². The van der Waals surface area contributed by atoms with Gasteiger partial charge in [0, 0.05) is 18.2 Å². The van der Waals surface area contributed by atoms with Gasteiger partial charge in [0.05, 0.1) is 12.8 Å². The molecule has 1 amide bonds. The fourth-order valence-electron chi connectivity index (χ4n) is 2.55. The molecule has 0 spiro atoms. The van der Waals surface area contributed by atoms with E-state index in [1.54, 1.807) is 24.3 Å². The number of nitrogens with zero attached hydrogens (tertiary/aromatic N) is 3. The predicted octanol–water partition coefficient (Wildman–Crippen LogP) is 3.34. The van der Waals surface area contributed by atoms with Crippen molar-refractivity contribution in [3.63, 3.8) is 0 Å². The Hall–Kier alpha value is -3.56. The van der Waals surface area contributed by atoms with Crippen LogP contribution in [0.3, 0.4) is 0 Å². The van der Waals surface area contributed by atoms with Crippen LogP contribution < -0.4 is 15.8 Å². The molecule has 0 bridgehead atoms. The highest BCUT2D eigenvalue weighted by Crippen LogP contribution is 2.33. The average Bonchev–Trinajstić information content (AvgIpc) is 3.04. The van der Waals surface area contributed by atoms with Gasteiger partial charge < -0.3 is 15.8 Å². The molecule has 1 aromatic carbocycles. The maximum atomic E-state index is 12.8. The molecule has 3 aromatic rings. The minimum atomic E-state index is -4.56. The van der Waals surface area contributed by atoms with Gasteiger partial charge in [-0.25, -0.2) is 4.98 Å². The molecule has 10 heteroatoms. The maximum Gasteiger partial charge on any atom is 0.435 e. The van der Waals surface area contributed by atoms with Crippen molar-refractivity contribution in [3.05, 3.63) is 53.7 Å². The summed E-state index contributed by atoms with van der Waals surface area (Å²) in [7, 11) is 2.90. The first kappa shape index (κ1) is 19.2. The van der Waals surface area contributed by atoms with Crippen molar-refractivity contribution >= 4 is 17.5 Å². The second kappa shape index (κ2) is 7.22. The van der Waals surface area contributed by atoms with E-state index in [2.05, 4.69) is 15.4 Å². The predicted molar refractivity (Wildman–Crippen MR) is 96.8 cm³/mol. The first-order valence-electron chi connectivity index (χ1n) is 8.02. The zero-order valence-corrected chi connectivity index (χ0v) is 14.9. The number of anilines is 2. The normalized spacial score (nSPS) is 11.3. The number of aromatic nitrogens is 3. The fraction of sp³-hybridized carbons (Fsp3) is 0.167.